The molecule has 0 aromatic heterocycles. The highest BCUT2D eigenvalue weighted by Crippen LogP contribution is 2.35. The minimum absolute atomic E-state index is 0.121. The molecule has 0 N–H and O–H groups in total. The molecule has 0 nitrogen and oxygen atoms in total. The molecule has 98 valence electrons. The lowest BCUT2D eigenvalue weighted by Crippen LogP contribution is -1.98. The van der Waals surface area contributed by atoms with Gasteiger partial charge in [-0.15, -0.1) is 11.6 Å². The number of alkyl halides is 1. The van der Waals surface area contributed by atoms with Crippen LogP contribution >= 0.6 is 23.2 Å². The van der Waals surface area contributed by atoms with E-state index in [0.29, 0.717) is 0 Å². The summed E-state index contributed by atoms with van der Waals surface area (Å²) in [6, 6.07) is 12.6. The van der Waals surface area contributed by atoms with Crippen LogP contribution in [0.15, 0.2) is 36.4 Å². The summed E-state index contributed by atoms with van der Waals surface area (Å²) >= 11 is 12.7. The normalized spacial score (nSPS) is 15.3. The van der Waals surface area contributed by atoms with Crippen molar-refractivity contribution in [1.29, 1.82) is 0 Å². The average Bonchev–Trinajstić information content (AvgIpc) is 2.88. The number of fused-ring (bicyclic) bond motifs is 1. The van der Waals surface area contributed by atoms with Crippen molar-refractivity contribution in [3.63, 3.8) is 0 Å². The van der Waals surface area contributed by atoms with E-state index in [4.69, 9.17) is 23.2 Å². The Morgan fingerprint density at radius 3 is 2.63 bits per heavy atom. The molecule has 1 unspecified atom stereocenters. The summed E-state index contributed by atoms with van der Waals surface area (Å²) in [7, 11) is 0. The van der Waals surface area contributed by atoms with Gasteiger partial charge < -0.3 is 0 Å². The molecule has 1 aliphatic carbocycles. The summed E-state index contributed by atoms with van der Waals surface area (Å²) in [6.07, 6.45) is 3.65. The van der Waals surface area contributed by atoms with Crippen LogP contribution < -0.4 is 0 Å². The summed E-state index contributed by atoms with van der Waals surface area (Å²) in [4.78, 5) is 0. The molecule has 0 saturated carbocycles. The number of benzene rings is 2. The fraction of sp³-hybridized carbons (Fsp3) is 0.294. The summed E-state index contributed by atoms with van der Waals surface area (Å²) in [5, 5.41) is 0.622. The Kier molecular flexibility index (Phi) is 3.56. The van der Waals surface area contributed by atoms with Gasteiger partial charge in [-0.3, -0.25) is 0 Å². The third kappa shape index (κ3) is 2.52. The molecule has 19 heavy (non-hydrogen) atoms. The maximum absolute atomic E-state index is 6.65. The lowest BCUT2D eigenvalue weighted by molar-refractivity contribution is 0.911. The van der Waals surface area contributed by atoms with Crippen molar-refractivity contribution in [2.24, 2.45) is 0 Å². The highest BCUT2D eigenvalue weighted by atomic mass is 35.5. The van der Waals surface area contributed by atoms with E-state index in [-0.39, 0.29) is 5.38 Å². The van der Waals surface area contributed by atoms with E-state index in [1.807, 2.05) is 18.2 Å². The molecule has 0 amide bonds. The van der Waals surface area contributed by atoms with Crippen molar-refractivity contribution in [2.75, 3.05) is 0 Å². The van der Waals surface area contributed by atoms with Crippen molar-refractivity contribution in [1.82, 2.24) is 0 Å². The second kappa shape index (κ2) is 5.19. The van der Waals surface area contributed by atoms with E-state index >= 15 is 0 Å². The third-order valence-electron chi connectivity index (χ3n) is 3.93. The highest BCUT2D eigenvalue weighted by molar-refractivity contribution is 6.31. The van der Waals surface area contributed by atoms with Crippen LogP contribution in [-0.4, -0.2) is 0 Å². The number of rotatable bonds is 2. The Morgan fingerprint density at radius 1 is 1.00 bits per heavy atom. The van der Waals surface area contributed by atoms with Crippen molar-refractivity contribution in [2.45, 2.75) is 31.6 Å². The Morgan fingerprint density at radius 2 is 1.79 bits per heavy atom. The first-order valence-corrected chi connectivity index (χ1v) is 7.48. The molecule has 0 aliphatic heterocycles. The number of hydrogen-bond donors (Lipinski definition) is 0. The average molecular weight is 291 g/mol. The van der Waals surface area contributed by atoms with Crippen LogP contribution in [0.5, 0.6) is 0 Å². The molecule has 0 fully saturated rings. The molecule has 0 radical (unpaired) electrons. The Bertz CT molecular complexity index is 617. The van der Waals surface area contributed by atoms with Gasteiger partial charge in [0.2, 0.25) is 0 Å². The van der Waals surface area contributed by atoms with Crippen LogP contribution in [0.4, 0.5) is 0 Å². The molecule has 3 rings (SSSR count). The SMILES string of the molecule is Cc1ccc(Cl)cc1C(Cl)c1ccc2c(c1)CCC2. The van der Waals surface area contributed by atoms with Crippen LogP contribution in [0, 0.1) is 6.92 Å². The second-order valence-electron chi connectivity index (χ2n) is 5.25. The quantitative estimate of drug-likeness (QED) is 0.644. The summed E-state index contributed by atoms with van der Waals surface area (Å²) < 4.78 is 0. The van der Waals surface area contributed by atoms with Crippen molar-refractivity contribution >= 4 is 23.2 Å². The van der Waals surface area contributed by atoms with Crippen molar-refractivity contribution < 1.29 is 0 Å². The van der Waals surface area contributed by atoms with Gasteiger partial charge in [-0.05, 0) is 66.1 Å². The Balaban J connectivity index is 1.99. The van der Waals surface area contributed by atoms with Crippen molar-refractivity contribution in [3.8, 4) is 0 Å². The molecule has 2 aromatic rings. The third-order valence-corrected chi connectivity index (χ3v) is 4.65. The van der Waals surface area contributed by atoms with E-state index < -0.39 is 0 Å². The highest BCUT2D eigenvalue weighted by Gasteiger charge is 2.17. The lowest BCUT2D eigenvalue weighted by Gasteiger charge is -2.15. The molecule has 0 saturated heterocycles. The zero-order valence-corrected chi connectivity index (χ0v) is 12.4. The molecule has 0 bridgehead atoms. The fourth-order valence-electron chi connectivity index (χ4n) is 2.81. The predicted molar refractivity (Wildman–Crippen MR) is 82.4 cm³/mol. The molecule has 2 aromatic carbocycles. The van der Waals surface area contributed by atoms with Crippen LogP contribution in [0.1, 0.15) is 39.6 Å². The maximum Gasteiger partial charge on any atom is 0.0838 e. The van der Waals surface area contributed by atoms with E-state index in [1.165, 1.54) is 41.5 Å². The van der Waals surface area contributed by atoms with Crippen molar-refractivity contribution in [3.05, 3.63) is 69.2 Å². The minimum Gasteiger partial charge on any atom is -0.113 e. The van der Waals surface area contributed by atoms with E-state index in [1.54, 1.807) is 0 Å². The molecule has 0 heterocycles. The predicted octanol–water partition coefficient (Wildman–Crippen LogP) is 5.47. The van der Waals surface area contributed by atoms with Gasteiger partial charge in [0.15, 0.2) is 0 Å². The molecular formula is C17H16Cl2. The van der Waals surface area contributed by atoms with Gasteiger partial charge >= 0.3 is 0 Å². The van der Waals surface area contributed by atoms with E-state index in [2.05, 4.69) is 25.1 Å². The van der Waals surface area contributed by atoms with Gasteiger partial charge in [0, 0.05) is 5.02 Å². The lowest BCUT2D eigenvalue weighted by atomic mass is 9.97. The van der Waals surface area contributed by atoms with E-state index in [9.17, 15) is 0 Å². The van der Waals surface area contributed by atoms with E-state index in [0.717, 1.165) is 10.6 Å². The van der Waals surface area contributed by atoms with Crippen LogP contribution in [0.25, 0.3) is 0 Å². The maximum atomic E-state index is 6.65. The first-order valence-electron chi connectivity index (χ1n) is 6.67. The summed E-state index contributed by atoms with van der Waals surface area (Å²) in [6.45, 7) is 2.08. The smallest absolute Gasteiger partial charge is 0.0838 e. The zero-order valence-electron chi connectivity index (χ0n) is 10.9. The van der Waals surface area contributed by atoms with Crippen LogP contribution in [-0.2, 0) is 12.8 Å². The monoisotopic (exact) mass is 290 g/mol. The Hall–Kier alpha value is -0.980. The molecule has 1 aliphatic rings. The molecule has 1 atom stereocenters. The summed E-state index contributed by atoms with van der Waals surface area (Å²) in [5.41, 5.74) is 6.41. The van der Waals surface area contributed by atoms with Crippen LogP contribution in [0.3, 0.4) is 0 Å². The van der Waals surface area contributed by atoms with Crippen LogP contribution in [0.2, 0.25) is 5.02 Å². The molecule has 0 spiro atoms. The fourth-order valence-corrected chi connectivity index (χ4v) is 3.36. The summed E-state index contributed by atoms with van der Waals surface area (Å²) in [5.74, 6) is 0. The van der Waals surface area contributed by atoms with Gasteiger partial charge in [-0.2, -0.15) is 0 Å². The topological polar surface area (TPSA) is 0 Å². The Labute approximate surface area is 124 Å². The van der Waals surface area contributed by atoms with Gasteiger partial charge in [-0.25, -0.2) is 0 Å². The van der Waals surface area contributed by atoms with Gasteiger partial charge in [0.05, 0.1) is 5.38 Å². The minimum atomic E-state index is -0.121. The zero-order chi connectivity index (χ0) is 13.4. The molecule has 2 heteroatoms. The van der Waals surface area contributed by atoms with Gasteiger partial charge in [0.1, 0.15) is 0 Å². The van der Waals surface area contributed by atoms with Gasteiger partial charge in [-0.1, -0.05) is 35.9 Å². The number of aryl methyl sites for hydroxylation is 3. The van der Waals surface area contributed by atoms with Gasteiger partial charge in [0.25, 0.3) is 0 Å². The molecular weight excluding hydrogens is 275 g/mol. The second-order valence-corrected chi connectivity index (χ2v) is 6.12. The first-order chi connectivity index (χ1) is 9.15. The standard InChI is InChI=1S/C17H16Cl2/c1-11-5-8-15(18)10-16(11)17(19)14-7-6-12-3-2-4-13(12)9-14/h5-10,17H,2-4H2,1H3. The largest absolute Gasteiger partial charge is 0.113 e. The first kappa shape index (κ1) is 13.0. The number of hydrogen-bond acceptors (Lipinski definition) is 0. The number of halogens is 2.